The van der Waals surface area contributed by atoms with Crippen LogP contribution in [-0.2, 0) is 13.0 Å². The molecule has 5 nitrogen and oxygen atoms in total. The van der Waals surface area contributed by atoms with Gasteiger partial charge >= 0.3 is 0 Å². The van der Waals surface area contributed by atoms with Crippen LogP contribution in [0.2, 0.25) is 0 Å². The first-order chi connectivity index (χ1) is 14.3. The molecule has 0 saturated carbocycles. The molecule has 1 N–H and O–H groups in total. The number of para-hydroxylation sites is 2. The fourth-order valence-corrected chi connectivity index (χ4v) is 3.32. The van der Waals surface area contributed by atoms with E-state index in [2.05, 4.69) is 40.2 Å². The van der Waals surface area contributed by atoms with E-state index in [-0.39, 0.29) is 5.91 Å². The van der Waals surface area contributed by atoms with Crippen molar-refractivity contribution in [3.63, 3.8) is 0 Å². The van der Waals surface area contributed by atoms with Crippen LogP contribution in [0.4, 0.5) is 0 Å². The number of carbonyl (C=O) groups excluding carboxylic acids is 1. The number of nitrogens with one attached hydrogen (secondary N) is 1. The molecule has 0 spiro atoms. The van der Waals surface area contributed by atoms with Crippen molar-refractivity contribution in [2.45, 2.75) is 19.4 Å². The summed E-state index contributed by atoms with van der Waals surface area (Å²) in [6.45, 7) is 1.33. The Morgan fingerprint density at radius 2 is 1.86 bits per heavy atom. The Bertz CT molecular complexity index is 1100. The van der Waals surface area contributed by atoms with Gasteiger partial charge in [0.2, 0.25) is 0 Å². The summed E-state index contributed by atoms with van der Waals surface area (Å²) in [5, 5.41) is 2.89. The van der Waals surface area contributed by atoms with E-state index in [1.807, 2.05) is 36.4 Å². The van der Waals surface area contributed by atoms with E-state index in [1.54, 1.807) is 12.1 Å². The van der Waals surface area contributed by atoms with Gasteiger partial charge in [-0.3, -0.25) is 4.79 Å². The zero-order valence-electron chi connectivity index (χ0n) is 16.1. The molecule has 1 amide bonds. The van der Waals surface area contributed by atoms with Crippen molar-refractivity contribution in [2.75, 3.05) is 6.54 Å². The van der Waals surface area contributed by atoms with Gasteiger partial charge in [0.15, 0.2) is 5.76 Å². The average Bonchev–Trinajstić information content (AvgIpc) is 3.41. The summed E-state index contributed by atoms with van der Waals surface area (Å²) in [4.78, 5) is 16.8. The van der Waals surface area contributed by atoms with Gasteiger partial charge in [-0.2, -0.15) is 0 Å². The summed E-state index contributed by atoms with van der Waals surface area (Å²) in [6.07, 6.45) is 7.37. The molecule has 2 heterocycles. The molecule has 2 aromatic carbocycles. The summed E-state index contributed by atoms with van der Waals surface area (Å²) in [7, 11) is 0. The molecule has 0 radical (unpaired) electrons. The Kier molecular flexibility index (Phi) is 5.86. The fraction of sp³-hybridized carbons (Fsp3) is 0.167. The lowest BCUT2D eigenvalue weighted by molar-refractivity contribution is 0.0925. The molecule has 5 heteroatoms. The minimum atomic E-state index is -0.186. The van der Waals surface area contributed by atoms with Crippen LogP contribution in [0.3, 0.4) is 0 Å². The van der Waals surface area contributed by atoms with E-state index in [1.165, 1.54) is 11.8 Å². The summed E-state index contributed by atoms with van der Waals surface area (Å²) < 4.78 is 7.35. The van der Waals surface area contributed by atoms with Crippen molar-refractivity contribution in [2.24, 2.45) is 0 Å². The predicted molar refractivity (Wildman–Crippen MR) is 115 cm³/mol. The van der Waals surface area contributed by atoms with E-state index in [0.717, 1.165) is 36.2 Å². The van der Waals surface area contributed by atoms with Gasteiger partial charge in [-0.15, -0.1) is 0 Å². The van der Waals surface area contributed by atoms with Gasteiger partial charge in [0.25, 0.3) is 5.91 Å². The normalized spacial score (nSPS) is 11.3. The van der Waals surface area contributed by atoms with Crippen LogP contribution in [-0.4, -0.2) is 22.0 Å². The van der Waals surface area contributed by atoms with Gasteiger partial charge in [-0.25, -0.2) is 4.98 Å². The standard InChI is InChI=1S/C24H23N3O2/c28-24(22-14-8-18-29-22)25-16-6-15-23-26-20-12-4-5-13-21(20)27(23)17-7-11-19-9-2-1-3-10-19/h1-5,7-14,18H,6,15-17H2,(H,25,28)/b11-7-. The Labute approximate surface area is 169 Å². The molecule has 29 heavy (non-hydrogen) atoms. The van der Waals surface area contributed by atoms with E-state index in [4.69, 9.17) is 9.40 Å². The van der Waals surface area contributed by atoms with Gasteiger partial charge in [0.05, 0.1) is 17.3 Å². The quantitative estimate of drug-likeness (QED) is 0.447. The van der Waals surface area contributed by atoms with Crippen molar-refractivity contribution >= 4 is 23.0 Å². The third kappa shape index (κ3) is 4.63. The number of fused-ring (bicyclic) bond motifs is 1. The number of hydrogen-bond donors (Lipinski definition) is 1. The molecule has 0 unspecified atom stereocenters. The van der Waals surface area contributed by atoms with Crippen molar-refractivity contribution < 1.29 is 9.21 Å². The lowest BCUT2D eigenvalue weighted by Crippen LogP contribution is -2.24. The van der Waals surface area contributed by atoms with E-state index in [0.29, 0.717) is 12.3 Å². The first kappa shape index (κ1) is 18.7. The summed E-state index contributed by atoms with van der Waals surface area (Å²) in [5.74, 6) is 1.17. The molecule has 0 saturated heterocycles. The number of imidazole rings is 1. The highest BCUT2D eigenvalue weighted by atomic mass is 16.3. The number of allylic oxidation sites excluding steroid dienone is 1. The summed E-state index contributed by atoms with van der Waals surface area (Å²) >= 11 is 0. The monoisotopic (exact) mass is 385 g/mol. The zero-order valence-corrected chi connectivity index (χ0v) is 16.1. The highest BCUT2D eigenvalue weighted by molar-refractivity contribution is 5.91. The Hall–Kier alpha value is -3.60. The van der Waals surface area contributed by atoms with Crippen LogP contribution < -0.4 is 5.32 Å². The van der Waals surface area contributed by atoms with Gasteiger partial charge in [0.1, 0.15) is 5.82 Å². The zero-order chi connectivity index (χ0) is 19.9. The summed E-state index contributed by atoms with van der Waals surface area (Å²) in [5.41, 5.74) is 3.30. The molecule has 4 aromatic rings. The number of aromatic nitrogens is 2. The number of hydrogen-bond acceptors (Lipinski definition) is 3. The third-order valence-corrected chi connectivity index (χ3v) is 4.74. The van der Waals surface area contributed by atoms with Gasteiger partial charge in [0, 0.05) is 19.5 Å². The van der Waals surface area contributed by atoms with Crippen molar-refractivity contribution in [1.29, 1.82) is 0 Å². The number of furan rings is 1. The molecule has 0 aliphatic heterocycles. The minimum Gasteiger partial charge on any atom is -0.459 e. The molecule has 0 fully saturated rings. The van der Waals surface area contributed by atoms with Crippen LogP contribution in [0.5, 0.6) is 0 Å². The van der Waals surface area contributed by atoms with Crippen LogP contribution >= 0.6 is 0 Å². The molecule has 0 aliphatic carbocycles. The number of rotatable bonds is 8. The molecule has 0 aliphatic rings. The maximum absolute atomic E-state index is 12.0. The molecule has 4 rings (SSSR count). The van der Waals surface area contributed by atoms with Crippen molar-refractivity contribution in [1.82, 2.24) is 14.9 Å². The fourth-order valence-electron chi connectivity index (χ4n) is 3.32. The first-order valence-corrected chi connectivity index (χ1v) is 9.79. The number of nitrogens with zero attached hydrogens (tertiary/aromatic N) is 2. The maximum Gasteiger partial charge on any atom is 0.286 e. The van der Waals surface area contributed by atoms with Crippen LogP contribution in [0.25, 0.3) is 17.1 Å². The highest BCUT2D eigenvalue weighted by Crippen LogP contribution is 2.17. The number of amides is 1. The van der Waals surface area contributed by atoms with Crippen molar-refractivity contribution in [3.05, 3.63) is 96.2 Å². The second-order valence-electron chi connectivity index (χ2n) is 6.78. The second-order valence-corrected chi connectivity index (χ2v) is 6.78. The molecule has 0 bridgehead atoms. The largest absolute Gasteiger partial charge is 0.459 e. The third-order valence-electron chi connectivity index (χ3n) is 4.74. The Balaban J connectivity index is 1.42. The van der Waals surface area contributed by atoms with Gasteiger partial charge in [-0.05, 0) is 36.2 Å². The van der Waals surface area contributed by atoms with Gasteiger partial charge < -0.3 is 14.3 Å². The lowest BCUT2D eigenvalue weighted by Gasteiger charge is -2.07. The highest BCUT2D eigenvalue weighted by Gasteiger charge is 2.10. The van der Waals surface area contributed by atoms with Crippen LogP contribution in [0.15, 0.2) is 83.5 Å². The van der Waals surface area contributed by atoms with Crippen molar-refractivity contribution in [3.8, 4) is 0 Å². The van der Waals surface area contributed by atoms with Gasteiger partial charge in [-0.1, -0.05) is 54.6 Å². The lowest BCUT2D eigenvalue weighted by atomic mass is 10.2. The Morgan fingerprint density at radius 3 is 2.69 bits per heavy atom. The number of aryl methyl sites for hydroxylation is 1. The first-order valence-electron chi connectivity index (χ1n) is 9.79. The molecule has 146 valence electrons. The van der Waals surface area contributed by atoms with E-state index < -0.39 is 0 Å². The minimum absolute atomic E-state index is 0.186. The van der Waals surface area contributed by atoms with E-state index in [9.17, 15) is 4.79 Å². The molecular weight excluding hydrogens is 362 g/mol. The second kappa shape index (κ2) is 9.06. The summed E-state index contributed by atoms with van der Waals surface area (Å²) in [6, 6.07) is 21.8. The predicted octanol–water partition coefficient (Wildman–Crippen LogP) is 4.71. The molecule has 2 aromatic heterocycles. The molecular formula is C24H23N3O2. The average molecular weight is 385 g/mol. The topological polar surface area (TPSA) is 60.1 Å². The number of carbonyl (C=O) groups is 1. The molecule has 0 atom stereocenters. The number of benzene rings is 2. The smallest absolute Gasteiger partial charge is 0.286 e. The maximum atomic E-state index is 12.0. The van der Waals surface area contributed by atoms with Crippen LogP contribution in [0, 0.1) is 0 Å². The Morgan fingerprint density at radius 1 is 1.03 bits per heavy atom. The van der Waals surface area contributed by atoms with E-state index >= 15 is 0 Å². The van der Waals surface area contributed by atoms with Crippen LogP contribution in [0.1, 0.15) is 28.4 Å². The SMILES string of the molecule is O=C(NCCCc1nc2ccccc2n1C/C=C\c1ccccc1)c1ccco1.